The average Bonchev–Trinajstić information content (AvgIpc) is 3.19. The van der Waals surface area contributed by atoms with E-state index in [1.54, 1.807) is 12.4 Å². The van der Waals surface area contributed by atoms with Gasteiger partial charge in [-0.3, -0.25) is 9.78 Å². The van der Waals surface area contributed by atoms with Crippen molar-refractivity contribution in [2.75, 3.05) is 13.1 Å². The first-order valence-corrected chi connectivity index (χ1v) is 8.76. The van der Waals surface area contributed by atoms with Crippen LogP contribution in [0, 0.1) is 5.82 Å². The van der Waals surface area contributed by atoms with E-state index in [0.717, 1.165) is 29.7 Å². The van der Waals surface area contributed by atoms with Crippen molar-refractivity contribution in [2.24, 2.45) is 0 Å². The number of hydrogen-bond donors (Lipinski definition) is 0. The predicted octanol–water partition coefficient (Wildman–Crippen LogP) is 4.52. The van der Waals surface area contributed by atoms with E-state index in [0.29, 0.717) is 12.1 Å². The van der Waals surface area contributed by atoms with Crippen molar-refractivity contribution in [2.45, 2.75) is 12.3 Å². The summed E-state index contributed by atoms with van der Waals surface area (Å²) in [6.45, 7) is 1.41. The number of carbonyl (C=O) groups excluding carboxylic acids is 1. The molecule has 0 N–H and O–H groups in total. The molecule has 1 aliphatic rings. The Kier molecular flexibility index (Phi) is 4.48. The zero-order valence-corrected chi connectivity index (χ0v) is 14.3. The standard InChI is InChI=1S/C22H19FN2O/c23-21-7-5-17(6-8-21)20-11-14-25(15-20)22(26)19-3-1-16(2-4-19)18-9-12-24-13-10-18/h1-10,12-13,20H,11,14-15H2. The number of nitrogens with zero attached hydrogens (tertiary/aromatic N) is 2. The van der Waals surface area contributed by atoms with Crippen LogP contribution in [0.5, 0.6) is 0 Å². The van der Waals surface area contributed by atoms with Crippen LogP contribution in [-0.2, 0) is 0 Å². The van der Waals surface area contributed by atoms with Crippen LogP contribution in [0.2, 0.25) is 0 Å². The maximum absolute atomic E-state index is 13.1. The molecule has 0 spiro atoms. The molecule has 1 amide bonds. The summed E-state index contributed by atoms with van der Waals surface area (Å²) < 4.78 is 13.1. The normalized spacial score (nSPS) is 16.7. The molecule has 0 radical (unpaired) electrons. The average molecular weight is 346 g/mol. The van der Waals surface area contributed by atoms with Gasteiger partial charge < -0.3 is 4.90 Å². The fourth-order valence-corrected chi connectivity index (χ4v) is 3.48. The first kappa shape index (κ1) is 16.5. The Morgan fingerprint density at radius 3 is 2.27 bits per heavy atom. The number of pyridine rings is 1. The summed E-state index contributed by atoms with van der Waals surface area (Å²) in [5, 5.41) is 0. The molecule has 0 aliphatic carbocycles. The summed E-state index contributed by atoms with van der Waals surface area (Å²) in [7, 11) is 0. The van der Waals surface area contributed by atoms with E-state index in [1.807, 2.05) is 53.4 Å². The number of halogens is 1. The number of hydrogen-bond acceptors (Lipinski definition) is 2. The highest BCUT2D eigenvalue weighted by molar-refractivity contribution is 5.95. The Balaban J connectivity index is 1.45. The Morgan fingerprint density at radius 2 is 1.58 bits per heavy atom. The molecule has 2 aromatic carbocycles. The maximum Gasteiger partial charge on any atom is 0.253 e. The van der Waals surface area contributed by atoms with Crippen LogP contribution in [0.1, 0.15) is 28.3 Å². The van der Waals surface area contributed by atoms with Crippen LogP contribution in [0.25, 0.3) is 11.1 Å². The number of likely N-dealkylation sites (tertiary alicyclic amines) is 1. The lowest BCUT2D eigenvalue weighted by atomic mass is 9.98. The van der Waals surface area contributed by atoms with Crippen molar-refractivity contribution >= 4 is 5.91 Å². The summed E-state index contributed by atoms with van der Waals surface area (Å²) in [5.74, 6) is 0.0977. The third kappa shape index (κ3) is 3.36. The molecule has 4 rings (SSSR count). The molecule has 0 bridgehead atoms. The van der Waals surface area contributed by atoms with E-state index in [-0.39, 0.29) is 17.6 Å². The largest absolute Gasteiger partial charge is 0.338 e. The third-order valence-corrected chi connectivity index (χ3v) is 4.96. The molecule has 1 aromatic heterocycles. The lowest BCUT2D eigenvalue weighted by Crippen LogP contribution is -2.28. The van der Waals surface area contributed by atoms with Gasteiger partial charge in [-0.15, -0.1) is 0 Å². The molecule has 1 saturated heterocycles. The number of amides is 1. The monoisotopic (exact) mass is 346 g/mol. The van der Waals surface area contributed by atoms with Crippen molar-refractivity contribution in [3.63, 3.8) is 0 Å². The van der Waals surface area contributed by atoms with Crippen LogP contribution >= 0.6 is 0 Å². The number of rotatable bonds is 3. The van der Waals surface area contributed by atoms with E-state index in [2.05, 4.69) is 4.98 Å². The van der Waals surface area contributed by atoms with Crippen molar-refractivity contribution in [3.8, 4) is 11.1 Å². The van der Waals surface area contributed by atoms with E-state index < -0.39 is 0 Å². The summed E-state index contributed by atoms with van der Waals surface area (Å²) in [6, 6.07) is 18.2. The highest BCUT2D eigenvalue weighted by atomic mass is 19.1. The molecule has 0 saturated carbocycles. The van der Waals surface area contributed by atoms with Crippen molar-refractivity contribution in [1.82, 2.24) is 9.88 Å². The summed E-state index contributed by atoms with van der Waals surface area (Å²) in [5.41, 5.74) is 3.93. The Morgan fingerprint density at radius 1 is 0.923 bits per heavy atom. The van der Waals surface area contributed by atoms with Gasteiger partial charge >= 0.3 is 0 Å². The highest BCUT2D eigenvalue weighted by Crippen LogP contribution is 2.28. The van der Waals surface area contributed by atoms with Gasteiger partial charge in [0.2, 0.25) is 0 Å². The molecule has 1 unspecified atom stereocenters. The van der Waals surface area contributed by atoms with E-state index in [9.17, 15) is 9.18 Å². The fraction of sp³-hybridized carbons (Fsp3) is 0.182. The fourth-order valence-electron chi connectivity index (χ4n) is 3.48. The zero-order valence-electron chi connectivity index (χ0n) is 14.3. The minimum atomic E-state index is -0.228. The minimum Gasteiger partial charge on any atom is -0.338 e. The Hall–Kier alpha value is -3.01. The van der Waals surface area contributed by atoms with Crippen molar-refractivity contribution < 1.29 is 9.18 Å². The molecule has 3 nitrogen and oxygen atoms in total. The number of benzene rings is 2. The summed E-state index contributed by atoms with van der Waals surface area (Å²) in [4.78, 5) is 18.7. The summed E-state index contributed by atoms with van der Waals surface area (Å²) >= 11 is 0. The molecule has 130 valence electrons. The van der Waals surface area contributed by atoms with Crippen molar-refractivity contribution in [3.05, 3.63) is 90.0 Å². The van der Waals surface area contributed by atoms with Crippen LogP contribution in [0.4, 0.5) is 4.39 Å². The number of carbonyl (C=O) groups is 1. The van der Waals surface area contributed by atoms with Gasteiger partial charge in [-0.1, -0.05) is 24.3 Å². The van der Waals surface area contributed by atoms with Gasteiger partial charge in [-0.25, -0.2) is 4.39 Å². The lowest BCUT2D eigenvalue weighted by molar-refractivity contribution is 0.0791. The van der Waals surface area contributed by atoms with E-state index >= 15 is 0 Å². The molecule has 1 aliphatic heterocycles. The van der Waals surface area contributed by atoms with Gasteiger partial charge in [-0.2, -0.15) is 0 Å². The molecule has 1 atom stereocenters. The maximum atomic E-state index is 13.1. The lowest BCUT2D eigenvalue weighted by Gasteiger charge is -2.17. The van der Waals surface area contributed by atoms with Gasteiger partial charge in [0.25, 0.3) is 5.91 Å². The summed E-state index contributed by atoms with van der Waals surface area (Å²) in [6.07, 6.45) is 4.43. The highest BCUT2D eigenvalue weighted by Gasteiger charge is 2.27. The van der Waals surface area contributed by atoms with Gasteiger partial charge in [0.05, 0.1) is 0 Å². The number of aromatic nitrogens is 1. The van der Waals surface area contributed by atoms with Crippen LogP contribution in [0.15, 0.2) is 73.1 Å². The third-order valence-electron chi connectivity index (χ3n) is 4.96. The van der Waals surface area contributed by atoms with Crippen molar-refractivity contribution in [1.29, 1.82) is 0 Å². The van der Waals surface area contributed by atoms with Crippen LogP contribution < -0.4 is 0 Å². The predicted molar refractivity (Wildman–Crippen MR) is 99.3 cm³/mol. The molecular weight excluding hydrogens is 327 g/mol. The van der Waals surface area contributed by atoms with E-state index in [4.69, 9.17) is 0 Å². The SMILES string of the molecule is O=C(c1ccc(-c2ccncc2)cc1)N1CCC(c2ccc(F)cc2)C1. The molecule has 2 heterocycles. The minimum absolute atomic E-state index is 0.0518. The smallest absolute Gasteiger partial charge is 0.253 e. The molecule has 26 heavy (non-hydrogen) atoms. The van der Waals surface area contributed by atoms with Crippen LogP contribution in [0.3, 0.4) is 0 Å². The van der Waals surface area contributed by atoms with Gasteiger partial charge in [0.15, 0.2) is 0 Å². The van der Waals surface area contributed by atoms with Gasteiger partial charge in [0, 0.05) is 37.0 Å². The first-order valence-electron chi connectivity index (χ1n) is 8.76. The van der Waals surface area contributed by atoms with Crippen LogP contribution in [-0.4, -0.2) is 28.9 Å². The second kappa shape index (κ2) is 7.08. The molecular formula is C22H19FN2O. The first-order chi connectivity index (χ1) is 12.7. The molecule has 1 fully saturated rings. The Bertz CT molecular complexity index is 892. The van der Waals surface area contributed by atoms with Gasteiger partial charge in [-0.05, 0) is 59.5 Å². The van der Waals surface area contributed by atoms with E-state index in [1.165, 1.54) is 12.1 Å². The topological polar surface area (TPSA) is 33.2 Å². The second-order valence-electron chi connectivity index (χ2n) is 6.60. The molecule has 3 aromatic rings. The zero-order chi connectivity index (χ0) is 17.9. The Labute approximate surface area is 152 Å². The van der Waals surface area contributed by atoms with Gasteiger partial charge in [0.1, 0.15) is 5.82 Å². The molecule has 4 heteroatoms. The quantitative estimate of drug-likeness (QED) is 0.699. The second-order valence-corrected chi connectivity index (χ2v) is 6.60.